The summed E-state index contributed by atoms with van der Waals surface area (Å²) in [4.78, 5) is 11.0. The van der Waals surface area contributed by atoms with Crippen molar-refractivity contribution in [2.75, 3.05) is 13.1 Å². The van der Waals surface area contributed by atoms with Gasteiger partial charge in [0.2, 0.25) is 0 Å². The Balaban J connectivity index is 2.30. The van der Waals surface area contributed by atoms with Crippen molar-refractivity contribution in [1.82, 2.24) is 10.6 Å². The van der Waals surface area contributed by atoms with Crippen LogP contribution in [-0.2, 0) is 5.41 Å². The van der Waals surface area contributed by atoms with E-state index >= 15 is 0 Å². The molecule has 1 heterocycles. The standard InChI is InChI=1S/C11H13ClN2O/c1-11(6-13-10(15)14-7-11)8-4-2-3-5-9(8)12/h2-5H,6-7H2,1H3,(H2,13,14,15). The number of carbonyl (C=O) groups excluding carboxylic acids is 1. The van der Waals surface area contributed by atoms with Gasteiger partial charge in [-0.2, -0.15) is 0 Å². The van der Waals surface area contributed by atoms with Crippen molar-refractivity contribution >= 4 is 17.6 Å². The zero-order chi connectivity index (χ0) is 10.9. The second-order valence-electron chi connectivity index (χ2n) is 4.08. The Kier molecular flexibility index (Phi) is 2.57. The van der Waals surface area contributed by atoms with Crippen molar-refractivity contribution in [1.29, 1.82) is 0 Å². The van der Waals surface area contributed by atoms with Crippen molar-refractivity contribution in [2.24, 2.45) is 0 Å². The normalized spacial score (nSPS) is 19.2. The van der Waals surface area contributed by atoms with E-state index in [1.165, 1.54) is 0 Å². The first-order valence-corrected chi connectivity index (χ1v) is 5.26. The molecule has 0 aliphatic carbocycles. The fraction of sp³-hybridized carbons (Fsp3) is 0.364. The number of hydrogen-bond donors (Lipinski definition) is 2. The van der Waals surface area contributed by atoms with Gasteiger partial charge in [-0.05, 0) is 11.6 Å². The summed E-state index contributed by atoms with van der Waals surface area (Å²) < 4.78 is 0. The van der Waals surface area contributed by atoms with Gasteiger partial charge in [0.05, 0.1) is 0 Å². The largest absolute Gasteiger partial charge is 0.337 e. The molecule has 1 aromatic rings. The average Bonchev–Trinajstić information content (AvgIpc) is 2.23. The van der Waals surface area contributed by atoms with E-state index in [-0.39, 0.29) is 11.4 Å². The van der Waals surface area contributed by atoms with Gasteiger partial charge in [0.25, 0.3) is 0 Å². The predicted molar refractivity (Wildman–Crippen MR) is 60.2 cm³/mol. The van der Waals surface area contributed by atoms with E-state index in [0.717, 1.165) is 10.6 Å². The van der Waals surface area contributed by atoms with Crippen molar-refractivity contribution in [3.05, 3.63) is 34.9 Å². The molecule has 2 rings (SSSR count). The lowest BCUT2D eigenvalue weighted by Gasteiger charge is -2.35. The van der Waals surface area contributed by atoms with Gasteiger partial charge in [0.1, 0.15) is 0 Å². The fourth-order valence-corrected chi connectivity index (χ4v) is 2.18. The monoisotopic (exact) mass is 224 g/mol. The number of amides is 2. The van der Waals surface area contributed by atoms with E-state index in [1.807, 2.05) is 24.3 Å². The summed E-state index contributed by atoms with van der Waals surface area (Å²) in [5.41, 5.74) is 0.936. The van der Waals surface area contributed by atoms with Crippen LogP contribution in [0.5, 0.6) is 0 Å². The molecular weight excluding hydrogens is 212 g/mol. The van der Waals surface area contributed by atoms with Crippen LogP contribution in [0.3, 0.4) is 0 Å². The molecule has 3 nitrogen and oxygen atoms in total. The minimum Gasteiger partial charge on any atom is -0.337 e. The zero-order valence-corrected chi connectivity index (χ0v) is 9.27. The van der Waals surface area contributed by atoms with Crippen molar-refractivity contribution < 1.29 is 4.79 Å². The highest BCUT2D eigenvalue weighted by Gasteiger charge is 2.32. The van der Waals surface area contributed by atoms with Gasteiger partial charge in [-0.25, -0.2) is 4.79 Å². The third-order valence-corrected chi connectivity index (χ3v) is 3.13. The summed E-state index contributed by atoms with van der Waals surface area (Å²) in [5, 5.41) is 6.33. The molecule has 0 atom stereocenters. The van der Waals surface area contributed by atoms with Crippen LogP contribution in [0.2, 0.25) is 5.02 Å². The molecule has 4 heteroatoms. The molecular formula is C11H13ClN2O. The molecule has 1 aliphatic rings. The van der Waals surface area contributed by atoms with E-state index < -0.39 is 0 Å². The molecule has 0 radical (unpaired) electrons. The minimum atomic E-state index is -0.133. The second kappa shape index (κ2) is 3.74. The molecule has 1 saturated heterocycles. The number of carbonyl (C=O) groups is 1. The third-order valence-electron chi connectivity index (χ3n) is 2.80. The predicted octanol–water partition coefficient (Wildman–Crippen LogP) is 1.91. The third kappa shape index (κ3) is 1.92. The molecule has 1 aliphatic heterocycles. The maximum atomic E-state index is 11.0. The molecule has 0 spiro atoms. The number of rotatable bonds is 1. The SMILES string of the molecule is CC1(c2ccccc2Cl)CNC(=O)NC1. The molecule has 0 unspecified atom stereocenters. The minimum absolute atomic E-state index is 0.112. The van der Waals surface area contributed by atoms with Crippen molar-refractivity contribution in [3.63, 3.8) is 0 Å². The second-order valence-corrected chi connectivity index (χ2v) is 4.48. The highest BCUT2D eigenvalue weighted by Crippen LogP contribution is 2.30. The highest BCUT2D eigenvalue weighted by molar-refractivity contribution is 6.31. The molecule has 2 N–H and O–H groups in total. The van der Waals surface area contributed by atoms with E-state index in [1.54, 1.807) is 0 Å². The number of urea groups is 1. The molecule has 0 aromatic heterocycles. The summed E-state index contributed by atoms with van der Waals surface area (Å²) in [6, 6.07) is 7.63. The first-order valence-electron chi connectivity index (χ1n) is 4.88. The first-order chi connectivity index (χ1) is 7.12. The Morgan fingerprint density at radius 1 is 1.27 bits per heavy atom. The Morgan fingerprint density at radius 3 is 2.47 bits per heavy atom. The summed E-state index contributed by atoms with van der Waals surface area (Å²) >= 11 is 6.14. The molecule has 1 aromatic carbocycles. The summed E-state index contributed by atoms with van der Waals surface area (Å²) in [5.74, 6) is 0. The molecule has 15 heavy (non-hydrogen) atoms. The van der Waals surface area contributed by atoms with Crippen LogP contribution >= 0.6 is 11.6 Å². The number of halogens is 1. The van der Waals surface area contributed by atoms with Crippen LogP contribution in [0, 0.1) is 0 Å². The number of hydrogen-bond acceptors (Lipinski definition) is 1. The quantitative estimate of drug-likeness (QED) is 0.752. The van der Waals surface area contributed by atoms with Crippen LogP contribution in [0.4, 0.5) is 4.79 Å². The lowest BCUT2D eigenvalue weighted by molar-refractivity contribution is 0.225. The summed E-state index contributed by atoms with van der Waals surface area (Å²) in [6.07, 6.45) is 0. The van der Waals surface area contributed by atoms with Gasteiger partial charge in [0.15, 0.2) is 0 Å². The molecule has 80 valence electrons. The van der Waals surface area contributed by atoms with Gasteiger partial charge in [-0.1, -0.05) is 36.7 Å². The Morgan fingerprint density at radius 2 is 1.87 bits per heavy atom. The molecule has 0 saturated carbocycles. The van der Waals surface area contributed by atoms with Gasteiger partial charge in [-0.3, -0.25) is 0 Å². The Labute approximate surface area is 93.8 Å². The highest BCUT2D eigenvalue weighted by atomic mass is 35.5. The van der Waals surface area contributed by atoms with Gasteiger partial charge < -0.3 is 10.6 Å². The Bertz CT molecular complexity index is 382. The Hall–Kier alpha value is -1.22. The number of benzene rings is 1. The molecule has 2 amide bonds. The summed E-state index contributed by atoms with van der Waals surface area (Å²) in [7, 11) is 0. The van der Waals surface area contributed by atoms with E-state index in [0.29, 0.717) is 13.1 Å². The maximum absolute atomic E-state index is 11.0. The molecule has 1 fully saturated rings. The molecule has 0 bridgehead atoms. The first kappa shape index (κ1) is 10.3. The van der Waals surface area contributed by atoms with Crippen LogP contribution < -0.4 is 10.6 Å². The van der Waals surface area contributed by atoms with Crippen LogP contribution in [0.1, 0.15) is 12.5 Å². The smallest absolute Gasteiger partial charge is 0.314 e. The van der Waals surface area contributed by atoms with Crippen molar-refractivity contribution in [3.8, 4) is 0 Å². The van der Waals surface area contributed by atoms with Gasteiger partial charge in [0, 0.05) is 23.5 Å². The lowest BCUT2D eigenvalue weighted by Crippen LogP contribution is -2.55. The van der Waals surface area contributed by atoms with Crippen LogP contribution in [0.15, 0.2) is 24.3 Å². The number of nitrogens with one attached hydrogen (secondary N) is 2. The van der Waals surface area contributed by atoms with Crippen molar-refractivity contribution in [2.45, 2.75) is 12.3 Å². The fourth-order valence-electron chi connectivity index (χ4n) is 1.82. The maximum Gasteiger partial charge on any atom is 0.314 e. The summed E-state index contributed by atoms with van der Waals surface area (Å²) in [6.45, 7) is 3.31. The topological polar surface area (TPSA) is 41.1 Å². The van der Waals surface area contributed by atoms with Gasteiger partial charge in [-0.15, -0.1) is 0 Å². The van der Waals surface area contributed by atoms with Crippen LogP contribution in [-0.4, -0.2) is 19.1 Å². The van der Waals surface area contributed by atoms with E-state index in [9.17, 15) is 4.79 Å². The van der Waals surface area contributed by atoms with E-state index in [2.05, 4.69) is 17.6 Å². The van der Waals surface area contributed by atoms with Gasteiger partial charge >= 0.3 is 6.03 Å². The van der Waals surface area contributed by atoms with Crippen LogP contribution in [0.25, 0.3) is 0 Å². The zero-order valence-electron chi connectivity index (χ0n) is 8.51. The van der Waals surface area contributed by atoms with E-state index in [4.69, 9.17) is 11.6 Å². The lowest BCUT2D eigenvalue weighted by atomic mass is 9.81. The average molecular weight is 225 g/mol.